The van der Waals surface area contributed by atoms with Crippen molar-refractivity contribution < 1.29 is 0 Å². The molecule has 116 valence electrons. The molecule has 0 spiro atoms. The number of para-hydroxylation sites is 1. The zero-order valence-corrected chi connectivity index (χ0v) is 13.4. The van der Waals surface area contributed by atoms with Crippen LogP contribution in [0, 0.1) is 5.92 Å². The molecular weight excluding hydrogens is 262 g/mol. The van der Waals surface area contributed by atoms with Gasteiger partial charge in [0.2, 0.25) is 0 Å². The van der Waals surface area contributed by atoms with E-state index in [2.05, 4.69) is 49.0 Å². The number of benzene rings is 1. The second-order valence-electron chi connectivity index (χ2n) is 6.39. The quantitative estimate of drug-likeness (QED) is 0.763. The van der Waals surface area contributed by atoms with E-state index in [1.165, 1.54) is 0 Å². The Hall–Kier alpha value is -1.75. The van der Waals surface area contributed by atoms with Crippen LogP contribution in [0.4, 0.5) is 11.5 Å². The Labute approximate surface area is 126 Å². The maximum Gasteiger partial charge on any atom is 0.153 e. The molecule has 0 fully saturated rings. The summed E-state index contributed by atoms with van der Waals surface area (Å²) in [5, 5.41) is 8.10. The second-order valence-corrected chi connectivity index (χ2v) is 6.39. The fourth-order valence-electron chi connectivity index (χ4n) is 2.88. The van der Waals surface area contributed by atoms with Crippen molar-refractivity contribution in [3.8, 4) is 0 Å². The van der Waals surface area contributed by atoms with E-state index in [1.54, 1.807) is 0 Å². The Morgan fingerprint density at radius 3 is 2.62 bits per heavy atom. The highest BCUT2D eigenvalue weighted by molar-refractivity contribution is 5.97. The fourth-order valence-corrected chi connectivity index (χ4v) is 2.88. The summed E-state index contributed by atoms with van der Waals surface area (Å²) in [5.41, 5.74) is 14.2. The lowest BCUT2D eigenvalue weighted by Gasteiger charge is -2.30. The number of aromatic nitrogens is 2. The molecule has 0 aliphatic heterocycles. The number of nitrogen functional groups attached to an aromatic ring is 1. The summed E-state index contributed by atoms with van der Waals surface area (Å²) in [6.45, 7) is 6.63. The molecule has 21 heavy (non-hydrogen) atoms. The van der Waals surface area contributed by atoms with Gasteiger partial charge in [-0.2, -0.15) is 5.10 Å². The Balaban J connectivity index is 2.16. The number of fused-ring (bicyclic) bond motifs is 1. The zero-order chi connectivity index (χ0) is 15.6. The van der Waals surface area contributed by atoms with Crippen molar-refractivity contribution in [3.05, 3.63) is 18.2 Å². The lowest BCUT2D eigenvalue weighted by Crippen LogP contribution is -2.36. The van der Waals surface area contributed by atoms with Crippen LogP contribution in [0.3, 0.4) is 0 Å². The standard InChI is InChI=1S/C16H27N5/c1-10(2)8-12(17)9-11(3)21(4)14-7-5-6-13-15(14)19-20-16(13)18/h5-7,10-12H,8-9,17H2,1-4H3,(H3,18,19,20). The van der Waals surface area contributed by atoms with E-state index in [0.717, 1.165) is 29.4 Å². The van der Waals surface area contributed by atoms with Gasteiger partial charge in [0.1, 0.15) is 0 Å². The summed E-state index contributed by atoms with van der Waals surface area (Å²) in [5.74, 6) is 1.18. The van der Waals surface area contributed by atoms with Crippen LogP contribution < -0.4 is 16.4 Å². The van der Waals surface area contributed by atoms with Gasteiger partial charge >= 0.3 is 0 Å². The van der Waals surface area contributed by atoms with E-state index in [0.29, 0.717) is 17.8 Å². The number of hydrogen-bond donors (Lipinski definition) is 3. The number of nitrogens with two attached hydrogens (primary N) is 2. The van der Waals surface area contributed by atoms with Crippen LogP contribution in [0.15, 0.2) is 18.2 Å². The van der Waals surface area contributed by atoms with Crippen molar-refractivity contribution in [2.24, 2.45) is 11.7 Å². The Bertz CT molecular complexity index is 589. The second kappa shape index (κ2) is 6.35. The number of aromatic amines is 1. The van der Waals surface area contributed by atoms with Gasteiger partial charge in [0.05, 0.1) is 11.2 Å². The van der Waals surface area contributed by atoms with E-state index < -0.39 is 0 Å². The summed E-state index contributed by atoms with van der Waals surface area (Å²) >= 11 is 0. The monoisotopic (exact) mass is 289 g/mol. The minimum Gasteiger partial charge on any atom is -0.382 e. The van der Waals surface area contributed by atoms with Crippen molar-refractivity contribution >= 4 is 22.4 Å². The van der Waals surface area contributed by atoms with Gasteiger partial charge in [-0.05, 0) is 37.8 Å². The molecule has 2 unspecified atom stereocenters. The summed E-state index contributed by atoms with van der Waals surface area (Å²) in [4.78, 5) is 2.25. The fraction of sp³-hybridized carbons (Fsp3) is 0.562. The minimum atomic E-state index is 0.230. The first-order valence-electron chi connectivity index (χ1n) is 7.61. The molecule has 1 aromatic heterocycles. The number of rotatable bonds is 6. The van der Waals surface area contributed by atoms with Gasteiger partial charge in [-0.3, -0.25) is 5.10 Å². The molecular formula is C16H27N5. The number of anilines is 2. The van der Waals surface area contributed by atoms with E-state index in [1.807, 2.05) is 12.1 Å². The Kier molecular flexibility index (Phi) is 4.73. The van der Waals surface area contributed by atoms with E-state index in [9.17, 15) is 0 Å². The molecule has 1 aromatic carbocycles. The van der Waals surface area contributed by atoms with Crippen molar-refractivity contribution in [3.63, 3.8) is 0 Å². The lowest BCUT2D eigenvalue weighted by molar-refractivity contribution is 0.442. The lowest BCUT2D eigenvalue weighted by atomic mass is 9.98. The number of nitrogens with one attached hydrogen (secondary N) is 1. The minimum absolute atomic E-state index is 0.230. The molecule has 5 nitrogen and oxygen atoms in total. The van der Waals surface area contributed by atoms with Gasteiger partial charge in [0.15, 0.2) is 5.82 Å². The van der Waals surface area contributed by atoms with Crippen molar-refractivity contribution in [1.29, 1.82) is 0 Å². The third-order valence-electron chi connectivity index (χ3n) is 4.07. The van der Waals surface area contributed by atoms with Crippen LogP contribution in [0.1, 0.15) is 33.6 Å². The molecule has 0 aliphatic carbocycles. The van der Waals surface area contributed by atoms with E-state index >= 15 is 0 Å². The SMILES string of the molecule is CC(C)CC(N)CC(C)N(C)c1cccc2c(N)n[nH]c12. The number of nitrogens with zero attached hydrogens (tertiary/aromatic N) is 2. The molecule has 0 bridgehead atoms. The topological polar surface area (TPSA) is 84.0 Å². The summed E-state index contributed by atoms with van der Waals surface area (Å²) < 4.78 is 0. The Morgan fingerprint density at radius 2 is 1.95 bits per heavy atom. The molecule has 2 atom stereocenters. The third kappa shape index (κ3) is 3.47. The van der Waals surface area contributed by atoms with Gasteiger partial charge in [0, 0.05) is 24.5 Å². The predicted octanol–water partition coefficient (Wildman–Crippen LogP) is 2.73. The zero-order valence-electron chi connectivity index (χ0n) is 13.4. The maximum atomic E-state index is 6.24. The molecule has 5 N–H and O–H groups in total. The highest BCUT2D eigenvalue weighted by Gasteiger charge is 2.18. The molecule has 2 aromatic rings. The highest BCUT2D eigenvalue weighted by atomic mass is 15.2. The summed E-state index contributed by atoms with van der Waals surface area (Å²) in [7, 11) is 2.10. The average molecular weight is 289 g/mol. The largest absolute Gasteiger partial charge is 0.382 e. The normalized spacial score (nSPS) is 14.6. The summed E-state index contributed by atoms with van der Waals surface area (Å²) in [6.07, 6.45) is 2.02. The van der Waals surface area contributed by atoms with Crippen LogP contribution in [0.25, 0.3) is 10.9 Å². The smallest absolute Gasteiger partial charge is 0.153 e. The van der Waals surface area contributed by atoms with Crippen LogP contribution in [-0.2, 0) is 0 Å². The van der Waals surface area contributed by atoms with Gasteiger partial charge < -0.3 is 16.4 Å². The van der Waals surface area contributed by atoms with Gasteiger partial charge in [-0.25, -0.2) is 0 Å². The van der Waals surface area contributed by atoms with Crippen LogP contribution in [0.2, 0.25) is 0 Å². The molecule has 0 saturated carbocycles. The number of H-pyrrole nitrogens is 1. The van der Waals surface area contributed by atoms with E-state index in [4.69, 9.17) is 11.5 Å². The first-order valence-corrected chi connectivity index (χ1v) is 7.61. The van der Waals surface area contributed by atoms with Crippen molar-refractivity contribution in [2.45, 2.75) is 45.7 Å². The molecule has 0 amide bonds. The molecule has 5 heteroatoms. The molecule has 0 radical (unpaired) electrons. The van der Waals surface area contributed by atoms with Crippen LogP contribution in [-0.4, -0.2) is 29.3 Å². The van der Waals surface area contributed by atoms with E-state index in [-0.39, 0.29) is 6.04 Å². The Morgan fingerprint density at radius 1 is 1.24 bits per heavy atom. The first-order chi connectivity index (χ1) is 9.90. The van der Waals surface area contributed by atoms with Crippen LogP contribution in [0.5, 0.6) is 0 Å². The number of hydrogen-bond acceptors (Lipinski definition) is 4. The van der Waals surface area contributed by atoms with Gasteiger partial charge in [-0.1, -0.05) is 19.9 Å². The van der Waals surface area contributed by atoms with Crippen LogP contribution >= 0.6 is 0 Å². The first kappa shape index (κ1) is 15.6. The highest BCUT2D eigenvalue weighted by Crippen LogP contribution is 2.29. The average Bonchev–Trinajstić information content (AvgIpc) is 2.78. The molecule has 0 aliphatic rings. The summed E-state index contributed by atoms with van der Waals surface area (Å²) in [6, 6.07) is 6.67. The molecule has 1 heterocycles. The maximum absolute atomic E-state index is 6.24. The predicted molar refractivity (Wildman–Crippen MR) is 90.4 cm³/mol. The van der Waals surface area contributed by atoms with Gasteiger partial charge in [0.25, 0.3) is 0 Å². The molecule has 0 saturated heterocycles. The molecule has 2 rings (SSSR count). The third-order valence-corrected chi connectivity index (χ3v) is 4.07. The van der Waals surface area contributed by atoms with Gasteiger partial charge in [-0.15, -0.1) is 0 Å². The van der Waals surface area contributed by atoms with Crippen molar-refractivity contribution in [2.75, 3.05) is 17.7 Å². The van der Waals surface area contributed by atoms with Crippen molar-refractivity contribution in [1.82, 2.24) is 10.2 Å².